The van der Waals surface area contributed by atoms with Crippen LogP contribution in [0.15, 0.2) is 24.4 Å². The Morgan fingerprint density at radius 3 is 2.80 bits per heavy atom. The molecule has 1 aliphatic rings. The predicted octanol–water partition coefficient (Wildman–Crippen LogP) is 2.32. The molecule has 20 heavy (non-hydrogen) atoms. The van der Waals surface area contributed by atoms with Gasteiger partial charge in [-0.05, 0) is 45.1 Å². The van der Waals surface area contributed by atoms with E-state index in [1.54, 1.807) is 18.3 Å². The molecule has 0 unspecified atom stereocenters. The maximum Gasteiger partial charge on any atom is 0.246 e. The summed E-state index contributed by atoms with van der Waals surface area (Å²) in [5, 5.41) is 4.29. The van der Waals surface area contributed by atoms with Crippen molar-refractivity contribution in [2.45, 2.75) is 18.4 Å². The van der Waals surface area contributed by atoms with Gasteiger partial charge in [0.2, 0.25) is 5.91 Å². The molecule has 0 saturated heterocycles. The summed E-state index contributed by atoms with van der Waals surface area (Å²) in [6.45, 7) is 0. The molecular weight excluding hydrogens is 276 g/mol. The zero-order valence-corrected chi connectivity index (χ0v) is 12.1. The molecular formula is C14H15ClN4O. The Balaban J connectivity index is 1.85. The fourth-order valence-electron chi connectivity index (χ4n) is 2.28. The van der Waals surface area contributed by atoms with Crippen LogP contribution in [0.5, 0.6) is 0 Å². The van der Waals surface area contributed by atoms with E-state index >= 15 is 0 Å². The number of likely N-dealkylation sites (N-methyl/N-ethyl adjacent to an activating group) is 1. The van der Waals surface area contributed by atoms with Crippen molar-refractivity contribution in [3.8, 4) is 0 Å². The van der Waals surface area contributed by atoms with Crippen LogP contribution >= 0.6 is 11.6 Å². The molecule has 2 aromatic rings. The van der Waals surface area contributed by atoms with Gasteiger partial charge < -0.3 is 5.32 Å². The lowest BCUT2D eigenvalue weighted by Gasteiger charge is -2.22. The van der Waals surface area contributed by atoms with Crippen molar-refractivity contribution in [3.63, 3.8) is 0 Å². The molecule has 0 spiro atoms. The van der Waals surface area contributed by atoms with Crippen LogP contribution in [0.3, 0.4) is 0 Å². The highest BCUT2D eigenvalue weighted by Gasteiger charge is 2.51. The van der Waals surface area contributed by atoms with Crippen LogP contribution in [0.1, 0.15) is 12.8 Å². The Kier molecular flexibility index (Phi) is 3.11. The molecule has 1 N–H and O–H groups in total. The molecule has 6 heteroatoms. The average Bonchev–Trinajstić information content (AvgIpc) is 3.20. The van der Waals surface area contributed by atoms with Crippen molar-refractivity contribution in [3.05, 3.63) is 29.4 Å². The van der Waals surface area contributed by atoms with Crippen LogP contribution in [-0.4, -0.2) is 40.4 Å². The molecule has 0 aliphatic heterocycles. The number of hydrogen-bond donors (Lipinski definition) is 1. The minimum atomic E-state index is -0.371. The molecule has 0 atom stereocenters. The quantitative estimate of drug-likeness (QED) is 0.942. The first-order valence-electron chi connectivity index (χ1n) is 6.42. The van der Waals surface area contributed by atoms with Gasteiger partial charge in [-0.2, -0.15) is 0 Å². The summed E-state index contributed by atoms with van der Waals surface area (Å²) in [6, 6.07) is 5.42. The van der Waals surface area contributed by atoms with Gasteiger partial charge >= 0.3 is 0 Å². The number of carbonyl (C=O) groups excluding carboxylic acids is 1. The molecule has 3 rings (SSSR count). The Bertz CT molecular complexity index is 682. The minimum Gasteiger partial charge on any atom is -0.309 e. The monoisotopic (exact) mass is 290 g/mol. The first-order chi connectivity index (χ1) is 9.51. The largest absolute Gasteiger partial charge is 0.309 e. The summed E-state index contributed by atoms with van der Waals surface area (Å²) in [6.07, 6.45) is 3.31. The highest BCUT2D eigenvalue weighted by atomic mass is 35.5. The summed E-state index contributed by atoms with van der Waals surface area (Å²) in [4.78, 5) is 22.7. The number of nitrogens with one attached hydrogen (secondary N) is 1. The topological polar surface area (TPSA) is 58.1 Å². The second-order valence-corrected chi connectivity index (χ2v) is 5.71. The molecule has 1 saturated carbocycles. The molecule has 1 fully saturated rings. The number of carbonyl (C=O) groups is 1. The number of anilines is 1. The van der Waals surface area contributed by atoms with Gasteiger partial charge in [0.15, 0.2) is 5.65 Å². The van der Waals surface area contributed by atoms with Gasteiger partial charge in [-0.15, -0.1) is 0 Å². The summed E-state index contributed by atoms with van der Waals surface area (Å²) in [7, 11) is 3.84. The lowest BCUT2D eigenvalue weighted by Crippen LogP contribution is -2.42. The molecule has 2 heterocycles. The number of aromatic nitrogens is 2. The number of nitrogens with zero attached hydrogens (tertiary/aromatic N) is 3. The van der Waals surface area contributed by atoms with E-state index in [9.17, 15) is 4.79 Å². The summed E-state index contributed by atoms with van der Waals surface area (Å²) < 4.78 is 0. The zero-order valence-electron chi connectivity index (χ0n) is 11.4. The van der Waals surface area contributed by atoms with Gasteiger partial charge in [0.25, 0.3) is 0 Å². The van der Waals surface area contributed by atoms with E-state index < -0.39 is 0 Å². The van der Waals surface area contributed by atoms with E-state index in [2.05, 4.69) is 15.3 Å². The van der Waals surface area contributed by atoms with Gasteiger partial charge in [-0.25, -0.2) is 9.97 Å². The fourth-order valence-corrected chi connectivity index (χ4v) is 2.45. The molecule has 2 aromatic heterocycles. The van der Waals surface area contributed by atoms with Crippen molar-refractivity contribution in [1.82, 2.24) is 14.9 Å². The van der Waals surface area contributed by atoms with Gasteiger partial charge in [0, 0.05) is 11.6 Å². The Labute approximate surface area is 122 Å². The van der Waals surface area contributed by atoms with Crippen LogP contribution in [0.25, 0.3) is 11.0 Å². The lowest BCUT2D eigenvalue weighted by atomic mass is 10.2. The molecule has 1 amide bonds. The Morgan fingerprint density at radius 2 is 2.15 bits per heavy atom. The second kappa shape index (κ2) is 4.68. The van der Waals surface area contributed by atoms with E-state index in [1.165, 1.54) is 0 Å². The van der Waals surface area contributed by atoms with Crippen LogP contribution in [-0.2, 0) is 4.79 Å². The van der Waals surface area contributed by atoms with Crippen molar-refractivity contribution in [1.29, 1.82) is 0 Å². The van der Waals surface area contributed by atoms with E-state index in [-0.39, 0.29) is 11.4 Å². The average molecular weight is 291 g/mol. The Hall–Kier alpha value is -1.72. The minimum absolute atomic E-state index is 0.0108. The molecule has 0 radical (unpaired) electrons. The summed E-state index contributed by atoms with van der Waals surface area (Å²) >= 11 is 5.88. The van der Waals surface area contributed by atoms with Gasteiger partial charge in [0.1, 0.15) is 11.4 Å². The van der Waals surface area contributed by atoms with E-state index in [0.29, 0.717) is 16.5 Å². The first-order valence-corrected chi connectivity index (χ1v) is 6.80. The molecule has 0 bridgehead atoms. The number of amides is 1. The number of fused-ring (bicyclic) bond motifs is 1. The normalized spacial score (nSPS) is 16.4. The summed E-state index contributed by atoms with van der Waals surface area (Å²) in [5.41, 5.74) is 0.200. The Morgan fingerprint density at radius 1 is 1.40 bits per heavy atom. The third-order valence-corrected chi connectivity index (χ3v) is 3.96. The van der Waals surface area contributed by atoms with Crippen LogP contribution in [0.2, 0.25) is 5.02 Å². The highest BCUT2D eigenvalue weighted by Crippen LogP contribution is 2.40. The second-order valence-electron chi connectivity index (χ2n) is 5.28. The maximum atomic E-state index is 12.3. The van der Waals surface area contributed by atoms with Crippen LogP contribution < -0.4 is 5.32 Å². The number of rotatable bonds is 3. The molecule has 0 aromatic carbocycles. The fraction of sp³-hybridized carbons (Fsp3) is 0.357. The van der Waals surface area contributed by atoms with Crippen molar-refractivity contribution < 1.29 is 4.79 Å². The number of pyridine rings is 2. The smallest absolute Gasteiger partial charge is 0.246 e. The summed E-state index contributed by atoms with van der Waals surface area (Å²) in [5.74, 6) is 0.508. The van der Waals surface area contributed by atoms with Crippen LogP contribution in [0, 0.1) is 0 Å². The predicted molar refractivity (Wildman–Crippen MR) is 78.8 cm³/mol. The lowest BCUT2D eigenvalue weighted by molar-refractivity contribution is -0.121. The van der Waals surface area contributed by atoms with Crippen molar-refractivity contribution in [2.75, 3.05) is 19.4 Å². The van der Waals surface area contributed by atoms with Crippen LogP contribution in [0.4, 0.5) is 5.82 Å². The van der Waals surface area contributed by atoms with Crippen molar-refractivity contribution in [2.24, 2.45) is 0 Å². The van der Waals surface area contributed by atoms with E-state index in [0.717, 1.165) is 18.2 Å². The first kappa shape index (κ1) is 13.3. The third kappa shape index (κ3) is 2.23. The van der Waals surface area contributed by atoms with Gasteiger partial charge in [-0.1, -0.05) is 11.6 Å². The van der Waals surface area contributed by atoms with E-state index in [1.807, 2.05) is 25.1 Å². The SMILES string of the molecule is CN(C)C1(C(=O)Nc2ccc3cc(Cl)cnc3n2)CC1. The maximum absolute atomic E-state index is 12.3. The van der Waals surface area contributed by atoms with Gasteiger partial charge in [-0.3, -0.25) is 9.69 Å². The molecule has 5 nitrogen and oxygen atoms in total. The van der Waals surface area contributed by atoms with Crippen molar-refractivity contribution >= 4 is 34.4 Å². The van der Waals surface area contributed by atoms with Gasteiger partial charge in [0.05, 0.1) is 5.02 Å². The molecule has 1 aliphatic carbocycles. The number of halogens is 1. The number of hydrogen-bond acceptors (Lipinski definition) is 4. The van der Waals surface area contributed by atoms with E-state index in [4.69, 9.17) is 11.6 Å². The molecule has 104 valence electrons. The third-order valence-electron chi connectivity index (χ3n) is 3.75. The standard InChI is InChI=1S/C14H15ClN4O/c1-19(2)14(5-6-14)13(20)18-11-4-3-9-7-10(15)8-16-12(9)17-11/h3-4,7-8H,5-6H2,1-2H3,(H,16,17,18,20). The zero-order chi connectivity index (χ0) is 14.3. The highest BCUT2D eigenvalue weighted by molar-refractivity contribution is 6.31.